The van der Waals surface area contributed by atoms with E-state index in [4.69, 9.17) is 16.3 Å². The summed E-state index contributed by atoms with van der Waals surface area (Å²) in [4.78, 5) is 22.9. The molecule has 0 saturated carbocycles. The third-order valence-electron chi connectivity index (χ3n) is 7.10. The largest absolute Gasteiger partial charge is 0.497 e. The minimum absolute atomic E-state index is 0.0230. The Balaban J connectivity index is 1.54. The molecule has 3 heterocycles. The molecule has 1 fully saturated rings. The summed E-state index contributed by atoms with van der Waals surface area (Å²) in [5, 5.41) is 12.3. The Hall–Kier alpha value is -2.58. The van der Waals surface area contributed by atoms with Crippen molar-refractivity contribution in [2.45, 2.75) is 18.0 Å². The molecule has 0 radical (unpaired) electrons. The Kier molecular flexibility index (Phi) is 6.06. The summed E-state index contributed by atoms with van der Waals surface area (Å²) in [7, 11) is 5.43. The number of aromatic nitrogens is 1. The van der Waals surface area contributed by atoms with Crippen LogP contribution in [0, 0.1) is 0 Å². The topological polar surface area (TPSA) is 72.0 Å². The minimum Gasteiger partial charge on any atom is -0.497 e. The first-order valence-corrected chi connectivity index (χ1v) is 11.9. The smallest absolute Gasteiger partial charge is 0.237 e. The zero-order chi connectivity index (χ0) is 24.0. The number of H-pyrrole nitrogens is 1. The Morgan fingerprint density at radius 2 is 2.00 bits per heavy atom. The summed E-state index contributed by atoms with van der Waals surface area (Å²) >= 11 is 6.42. The van der Waals surface area contributed by atoms with Crippen LogP contribution in [0.15, 0.2) is 42.5 Å². The molecule has 2 N–H and O–H groups in total. The van der Waals surface area contributed by atoms with E-state index in [1.165, 1.54) is 5.56 Å². The van der Waals surface area contributed by atoms with Crippen LogP contribution in [0.3, 0.4) is 0 Å². The van der Waals surface area contributed by atoms with Crippen LogP contribution in [0.25, 0.3) is 10.9 Å². The molecular weight excluding hydrogens is 452 g/mol. The molecule has 8 heteroatoms. The third-order valence-corrected chi connectivity index (χ3v) is 7.47. The molecule has 1 saturated heterocycles. The second kappa shape index (κ2) is 8.89. The average Bonchev–Trinajstić information content (AvgIpc) is 3.17. The van der Waals surface area contributed by atoms with Gasteiger partial charge in [-0.25, -0.2) is 0 Å². The molecule has 0 bridgehead atoms. The van der Waals surface area contributed by atoms with Crippen LogP contribution in [-0.4, -0.2) is 84.7 Å². The number of aliphatic hydroxyl groups is 1. The van der Waals surface area contributed by atoms with Gasteiger partial charge in [-0.3, -0.25) is 9.69 Å². The van der Waals surface area contributed by atoms with Gasteiger partial charge in [0, 0.05) is 59.3 Å². The molecular formula is C26H31ClN4O3. The molecule has 3 aromatic rings. The van der Waals surface area contributed by atoms with E-state index in [0.29, 0.717) is 13.1 Å². The summed E-state index contributed by atoms with van der Waals surface area (Å²) in [6.45, 7) is 3.15. The van der Waals surface area contributed by atoms with Gasteiger partial charge in [-0.15, -0.1) is 0 Å². The standard InChI is InChI=1S/C26H31ClN4O3/c1-29(2)12-23(33)31-16-26(14-30(15-26)11-17-6-4-5-7-20(17)27)24-19-9-8-18(34-3)10-21(19)28-25(24)22(31)13-32/h4-10,22,28,32H,11-16H2,1-3H3/t22-/m0/s1. The number of hydrogen-bond donors (Lipinski definition) is 2. The van der Waals surface area contributed by atoms with E-state index in [1.54, 1.807) is 7.11 Å². The second-order valence-electron chi connectivity index (χ2n) is 9.80. The lowest BCUT2D eigenvalue weighted by molar-refractivity contribution is -0.139. The van der Waals surface area contributed by atoms with Crippen LogP contribution in [0.4, 0.5) is 0 Å². The number of amides is 1. The van der Waals surface area contributed by atoms with E-state index in [2.05, 4.69) is 22.0 Å². The molecule has 34 heavy (non-hydrogen) atoms. The fraction of sp³-hybridized carbons (Fsp3) is 0.423. The van der Waals surface area contributed by atoms with E-state index in [-0.39, 0.29) is 17.9 Å². The molecule has 180 valence electrons. The molecule has 5 rings (SSSR count). The van der Waals surface area contributed by atoms with Crippen molar-refractivity contribution in [3.63, 3.8) is 0 Å². The summed E-state index contributed by atoms with van der Waals surface area (Å²) in [5.41, 5.74) is 4.01. The van der Waals surface area contributed by atoms with Crippen molar-refractivity contribution in [3.05, 3.63) is 64.3 Å². The third kappa shape index (κ3) is 3.86. The molecule has 2 aliphatic heterocycles. The van der Waals surface area contributed by atoms with Gasteiger partial charge in [0.1, 0.15) is 5.75 Å². The van der Waals surface area contributed by atoms with E-state index < -0.39 is 6.04 Å². The highest BCUT2D eigenvalue weighted by atomic mass is 35.5. The molecule has 1 amide bonds. The number of ether oxygens (including phenoxy) is 1. The predicted octanol–water partition coefficient (Wildman–Crippen LogP) is 3.02. The number of nitrogens with one attached hydrogen (secondary N) is 1. The normalized spacial score (nSPS) is 19.5. The number of aliphatic hydroxyl groups excluding tert-OH is 1. The number of carbonyl (C=O) groups is 1. The van der Waals surface area contributed by atoms with Crippen LogP contribution < -0.4 is 4.74 Å². The first kappa shape index (κ1) is 23.2. The Morgan fingerprint density at radius 3 is 2.68 bits per heavy atom. The number of aromatic amines is 1. The Bertz CT molecular complexity index is 1220. The van der Waals surface area contributed by atoms with Gasteiger partial charge < -0.3 is 24.6 Å². The van der Waals surface area contributed by atoms with Crippen molar-refractivity contribution in [2.75, 3.05) is 54.0 Å². The zero-order valence-electron chi connectivity index (χ0n) is 19.8. The minimum atomic E-state index is -0.399. The number of fused-ring (bicyclic) bond motifs is 4. The van der Waals surface area contributed by atoms with Crippen LogP contribution in [0.2, 0.25) is 5.02 Å². The number of methoxy groups -OCH3 is 1. The molecule has 1 aromatic heterocycles. The monoisotopic (exact) mass is 482 g/mol. The van der Waals surface area contributed by atoms with Crippen LogP contribution in [0.1, 0.15) is 22.9 Å². The summed E-state index contributed by atoms with van der Waals surface area (Å²) in [5.74, 6) is 0.796. The highest BCUT2D eigenvalue weighted by molar-refractivity contribution is 6.31. The first-order chi connectivity index (χ1) is 16.3. The fourth-order valence-corrected chi connectivity index (χ4v) is 5.87. The van der Waals surface area contributed by atoms with Gasteiger partial charge in [0.2, 0.25) is 5.91 Å². The lowest BCUT2D eigenvalue weighted by atomic mass is 9.68. The number of rotatable bonds is 6. The number of likely N-dealkylation sites (N-methyl/N-ethyl adjacent to an activating group) is 1. The Morgan fingerprint density at radius 1 is 1.24 bits per heavy atom. The van der Waals surface area contributed by atoms with Gasteiger partial charge in [0.15, 0.2) is 0 Å². The number of likely N-dealkylation sites (tertiary alicyclic amines) is 1. The number of nitrogens with zero attached hydrogens (tertiary/aromatic N) is 3. The molecule has 2 aromatic carbocycles. The zero-order valence-corrected chi connectivity index (χ0v) is 20.6. The quantitative estimate of drug-likeness (QED) is 0.565. The lowest BCUT2D eigenvalue weighted by Gasteiger charge is -2.56. The van der Waals surface area contributed by atoms with E-state index in [9.17, 15) is 9.90 Å². The van der Waals surface area contributed by atoms with Crippen molar-refractivity contribution < 1.29 is 14.6 Å². The van der Waals surface area contributed by atoms with Crippen LogP contribution in [0.5, 0.6) is 5.75 Å². The maximum absolute atomic E-state index is 13.3. The van der Waals surface area contributed by atoms with Gasteiger partial charge in [-0.1, -0.05) is 29.8 Å². The van der Waals surface area contributed by atoms with Crippen LogP contribution >= 0.6 is 11.6 Å². The molecule has 7 nitrogen and oxygen atoms in total. The lowest BCUT2D eigenvalue weighted by Crippen LogP contribution is -2.67. The summed E-state index contributed by atoms with van der Waals surface area (Å²) in [6.07, 6.45) is 0. The number of benzene rings is 2. The molecule has 0 aliphatic carbocycles. The van der Waals surface area contributed by atoms with Gasteiger partial charge in [0.25, 0.3) is 0 Å². The van der Waals surface area contributed by atoms with Crippen molar-refractivity contribution in [1.82, 2.24) is 19.7 Å². The van der Waals surface area contributed by atoms with Crippen molar-refractivity contribution in [2.24, 2.45) is 0 Å². The maximum Gasteiger partial charge on any atom is 0.237 e. The van der Waals surface area contributed by atoms with E-state index in [1.807, 2.05) is 54.2 Å². The second-order valence-corrected chi connectivity index (χ2v) is 10.2. The highest BCUT2D eigenvalue weighted by Crippen LogP contribution is 2.49. The average molecular weight is 483 g/mol. The molecule has 1 spiro atoms. The van der Waals surface area contributed by atoms with E-state index >= 15 is 0 Å². The first-order valence-electron chi connectivity index (χ1n) is 11.6. The molecule has 0 unspecified atom stereocenters. The SMILES string of the molecule is COc1ccc2c3c([nH]c2c1)[C@H](CO)N(C(=O)CN(C)C)CC31CN(Cc2ccccc2Cl)C1. The van der Waals surface area contributed by atoms with Crippen LogP contribution in [-0.2, 0) is 16.8 Å². The van der Waals surface area contributed by atoms with Crippen molar-refractivity contribution in [1.29, 1.82) is 0 Å². The van der Waals surface area contributed by atoms with Crippen molar-refractivity contribution >= 4 is 28.4 Å². The molecule has 2 aliphatic rings. The fourth-order valence-electron chi connectivity index (χ4n) is 5.68. The Labute approximate surface area is 204 Å². The number of hydrogen-bond acceptors (Lipinski definition) is 5. The van der Waals surface area contributed by atoms with Gasteiger partial charge >= 0.3 is 0 Å². The number of carbonyl (C=O) groups excluding carboxylic acids is 1. The predicted molar refractivity (Wildman–Crippen MR) is 133 cm³/mol. The highest BCUT2D eigenvalue weighted by Gasteiger charge is 2.53. The maximum atomic E-state index is 13.3. The van der Waals surface area contributed by atoms with Gasteiger partial charge in [-0.05, 0) is 43.4 Å². The molecule has 1 atom stereocenters. The van der Waals surface area contributed by atoms with E-state index in [0.717, 1.165) is 52.6 Å². The number of halogens is 1. The van der Waals surface area contributed by atoms with Gasteiger partial charge in [0.05, 0.1) is 26.3 Å². The van der Waals surface area contributed by atoms with Gasteiger partial charge in [-0.2, -0.15) is 0 Å². The summed E-state index contributed by atoms with van der Waals surface area (Å²) < 4.78 is 5.44. The van der Waals surface area contributed by atoms with Crippen molar-refractivity contribution in [3.8, 4) is 5.75 Å². The summed E-state index contributed by atoms with van der Waals surface area (Å²) in [6, 6.07) is 13.6.